The van der Waals surface area contributed by atoms with Crippen LogP contribution in [-0.2, 0) is 13.1 Å². The summed E-state index contributed by atoms with van der Waals surface area (Å²) >= 11 is 1.76. The van der Waals surface area contributed by atoms with Crippen molar-refractivity contribution < 1.29 is 0 Å². The first-order valence-electron chi connectivity index (χ1n) is 7.78. The second-order valence-corrected chi connectivity index (χ2v) is 7.95. The fraction of sp³-hybridized carbons (Fsp3) is 0.812. The maximum atomic E-state index is 4.76. The van der Waals surface area contributed by atoms with Crippen LogP contribution in [0.2, 0.25) is 0 Å². The molecule has 1 aromatic heterocycles. The molecule has 4 nitrogen and oxygen atoms in total. The first-order chi connectivity index (χ1) is 9.71. The smallest absolute Gasteiger partial charge is 0.107 e. The molecule has 1 unspecified atom stereocenters. The molecule has 0 spiro atoms. The number of aromatic nitrogens is 1. The van der Waals surface area contributed by atoms with Gasteiger partial charge in [-0.25, -0.2) is 4.98 Å². The average Bonchev–Trinajstić information content (AvgIpc) is 2.79. The van der Waals surface area contributed by atoms with Gasteiger partial charge in [0.15, 0.2) is 0 Å². The minimum Gasteiger partial charge on any atom is -0.308 e. The molecule has 0 aromatic carbocycles. The van der Waals surface area contributed by atoms with Gasteiger partial charge < -0.3 is 10.2 Å². The Morgan fingerprint density at radius 3 is 2.52 bits per heavy atom. The molecule has 1 rings (SSSR count). The van der Waals surface area contributed by atoms with Crippen molar-refractivity contribution in [2.45, 2.75) is 59.3 Å². The zero-order chi connectivity index (χ0) is 16.0. The van der Waals surface area contributed by atoms with Crippen molar-refractivity contribution in [1.29, 1.82) is 0 Å². The van der Waals surface area contributed by atoms with E-state index in [2.05, 4.69) is 69.2 Å². The highest BCUT2D eigenvalue weighted by Crippen LogP contribution is 2.14. The Hall–Kier alpha value is -0.490. The summed E-state index contributed by atoms with van der Waals surface area (Å²) in [5.41, 5.74) is 1.33. The van der Waals surface area contributed by atoms with Gasteiger partial charge in [-0.15, -0.1) is 11.3 Å². The summed E-state index contributed by atoms with van der Waals surface area (Å²) in [5, 5.41) is 6.87. The summed E-state index contributed by atoms with van der Waals surface area (Å²) < 4.78 is 0. The number of nitrogens with one attached hydrogen (secondary N) is 1. The van der Waals surface area contributed by atoms with E-state index in [9.17, 15) is 0 Å². The van der Waals surface area contributed by atoms with Gasteiger partial charge in [0.2, 0.25) is 0 Å². The van der Waals surface area contributed by atoms with E-state index in [4.69, 9.17) is 4.98 Å². The van der Waals surface area contributed by atoms with E-state index in [1.165, 1.54) is 10.7 Å². The lowest BCUT2D eigenvalue weighted by Gasteiger charge is -2.29. The monoisotopic (exact) mass is 312 g/mol. The topological polar surface area (TPSA) is 31.4 Å². The zero-order valence-electron chi connectivity index (χ0n) is 14.7. The molecule has 0 fully saturated rings. The number of hydrogen-bond acceptors (Lipinski definition) is 5. The van der Waals surface area contributed by atoms with Gasteiger partial charge in [-0.1, -0.05) is 6.92 Å². The van der Waals surface area contributed by atoms with Gasteiger partial charge >= 0.3 is 0 Å². The largest absolute Gasteiger partial charge is 0.308 e. The van der Waals surface area contributed by atoms with Crippen LogP contribution in [0.1, 0.15) is 45.3 Å². The maximum Gasteiger partial charge on any atom is 0.107 e. The molecule has 0 amide bonds. The van der Waals surface area contributed by atoms with Crippen molar-refractivity contribution in [3.63, 3.8) is 0 Å². The highest BCUT2D eigenvalue weighted by atomic mass is 32.1. The van der Waals surface area contributed by atoms with E-state index < -0.39 is 0 Å². The van der Waals surface area contributed by atoms with Crippen LogP contribution in [0.25, 0.3) is 0 Å². The summed E-state index contributed by atoms with van der Waals surface area (Å²) in [6.45, 7) is 15.0. The number of likely N-dealkylation sites (N-methyl/N-ethyl adjacent to an activating group) is 2. The molecule has 0 saturated heterocycles. The third-order valence-corrected chi connectivity index (χ3v) is 4.29. The molecule has 1 N–H and O–H groups in total. The molecule has 1 aromatic rings. The SMILES string of the molecule is CCN(Cc1csc(CNC(C)(C)C)n1)C(C)CN(C)C. The van der Waals surface area contributed by atoms with E-state index in [1.807, 2.05) is 0 Å². The third-order valence-electron chi connectivity index (χ3n) is 3.39. The Bertz CT molecular complexity index is 409. The van der Waals surface area contributed by atoms with Crippen LogP contribution in [0, 0.1) is 0 Å². The van der Waals surface area contributed by atoms with Crippen LogP contribution in [0.15, 0.2) is 5.38 Å². The first-order valence-corrected chi connectivity index (χ1v) is 8.66. The second kappa shape index (κ2) is 8.22. The molecule has 0 aliphatic rings. The van der Waals surface area contributed by atoms with E-state index in [1.54, 1.807) is 11.3 Å². The van der Waals surface area contributed by atoms with Gasteiger partial charge in [-0.2, -0.15) is 0 Å². The molecular weight excluding hydrogens is 280 g/mol. The molecular formula is C16H32N4S. The summed E-state index contributed by atoms with van der Waals surface area (Å²) in [6.07, 6.45) is 0. The maximum absolute atomic E-state index is 4.76. The molecule has 122 valence electrons. The molecule has 0 aliphatic heterocycles. The predicted octanol–water partition coefficient (Wildman–Crippen LogP) is 2.80. The Morgan fingerprint density at radius 1 is 1.33 bits per heavy atom. The standard InChI is InChI=1S/C16H32N4S/c1-8-20(13(2)10-19(6)7)11-14-12-21-15(18-14)9-17-16(3,4)5/h12-13,17H,8-11H2,1-7H3. The van der Waals surface area contributed by atoms with Gasteiger partial charge in [0, 0.05) is 36.6 Å². The van der Waals surface area contributed by atoms with Gasteiger partial charge in [0.05, 0.1) is 5.69 Å². The van der Waals surface area contributed by atoms with Crippen LogP contribution in [0.5, 0.6) is 0 Å². The highest BCUT2D eigenvalue weighted by molar-refractivity contribution is 7.09. The number of thiazole rings is 1. The van der Waals surface area contributed by atoms with Crippen LogP contribution in [0.4, 0.5) is 0 Å². The Balaban J connectivity index is 2.55. The summed E-state index contributed by atoms with van der Waals surface area (Å²) in [4.78, 5) is 9.49. The molecule has 5 heteroatoms. The van der Waals surface area contributed by atoms with Crippen molar-refractivity contribution >= 4 is 11.3 Å². The van der Waals surface area contributed by atoms with Crippen molar-refractivity contribution in [2.24, 2.45) is 0 Å². The van der Waals surface area contributed by atoms with Gasteiger partial charge in [0.25, 0.3) is 0 Å². The van der Waals surface area contributed by atoms with Gasteiger partial charge in [0.1, 0.15) is 5.01 Å². The highest BCUT2D eigenvalue weighted by Gasteiger charge is 2.15. The molecule has 0 aliphatic carbocycles. The Morgan fingerprint density at radius 2 is 2.00 bits per heavy atom. The predicted molar refractivity (Wildman–Crippen MR) is 92.8 cm³/mol. The Kier molecular flexibility index (Phi) is 7.27. The molecule has 0 radical (unpaired) electrons. The Labute approximate surface area is 134 Å². The normalized spacial score (nSPS) is 14.1. The molecule has 1 heterocycles. The third kappa shape index (κ3) is 7.36. The number of rotatable bonds is 8. The average molecular weight is 313 g/mol. The van der Waals surface area contributed by atoms with Crippen molar-refractivity contribution in [3.8, 4) is 0 Å². The minimum absolute atomic E-state index is 0.140. The molecule has 0 saturated carbocycles. The fourth-order valence-electron chi connectivity index (χ4n) is 2.27. The second-order valence-electron chi connectivity index (χ2n) is 7.01. The summed E-state index contributed by atoms with van der Waals surface area (Å²) in [5.74, 6) is 0. The van der Waals surface area contributed by atoms with Crippen LogP contribution < -0.4 is 5.32 Å². The van der Waals surface area contributed by atoms with Gasteiger partial charge in [-0.3, -0.25) is 4.90 Å². The van der Waals surface area contributed by atoms with E-state index in [0.717, 1.165) is 26.2 Å². The first kappa shape index (κ1) is 18.6. The van der Waals surface area contributed by atoms with Crippen molar-refractivity contribution in [3.05, 3.63) is 16.1 Å². The van der Waals surface area contributed by atoms with Crippen LogP contribution >= 0.6 is 11.3 Å². The number of nitrogens with zero attached hydrogens (tertiary/aromatic N) is 3. The van der Waals surface area contributed by atoms with Crippen molar-refractivity contribution in [1.82, 2.24) is 20.1 Å². The molecule has 0 bridgehead atoms. The van der Waals surface area contributed by atoms with E-state index >= 15 is 0 Å². The molecule has 1 atom stereocenters. The number of hydrogen-bond donors (Lipinski definition) is 1. The zero-order valence-corrected chi connectivity index (χ0v) is 15.5. The van der Waals surface area contributed by atoms with Gasteiger partial charge in [-0.05, 0) is 48.3 Å². The van der Waals surface area contributed by atoms with E-state index in [0.29, 0.717) is 6.04 Å². The van der Waals surface area contributed by atoms with Crippen molar-refractivity contribution in [2.75, 3.05) is 27.2 Å². The lowest BCUT2D eigenvalue weighted by molar-refractivity contribution is 0.172. The van der Waals surface area contributed by atoms with Crippen LogP contribution in [0.3, 0.4) is 0 Å². The summed E-state index contributed by atoms with van der Waals surface area (Å²) in [6, 6.07) is 0.544. The molecule has 21 heavy (non-hydrogen) atoms. The minimum atomic E-state index is 0.140. The fourth-order valence-corrected chi connectivity index (χ4v) is 3.00. The quantitative estimate of drug-likeness (QED) is 0.800. The summed E-state index contributed by atoms with van der Waals surface area (Å²) in [7, 11) is 4.26. The lowest BCUT2D eigenvalue weighted by atomic mass is 10.1. The van der Waals surface area contributed by atoms with E-state index in [-0.39, 0.29) is 5.54 Å². The van der Waals surface area contributed by atoms with Crippen LogP contribution in [-0.4, -0.2) is 53.5 Å². The lowest BCUT2D eigenvalue weighted by Crippen LogP contribution is -2.39.